The predicted molar refractivity (Wildman–Crippen MR) is 69.7 cm³/mol. The number of hydrogen-bond acceptors (Lipinski definition) is 2. The van der Waals surface area contributed by atoms with Crippen molar-refractivity contribution in [3.63, 3.8) is 0 Å². The molecule has 1 aliphatic carbocycles. The van der Waals surface area contributed by atoms with Crippen LogP contribution in [0.1, 0.15) is 25.3 Å². The molecule has 0 bridgehead atoms. The number of nitrogens with one attached hydrogen (secondary N) is 1. The number of amides is 1. The minimum Gasteiger partial charge on any atom is -0.394 e. The van der Waals surface area contributed by atoms with E-state index in [1.165, 1.54) is 0 Å². The molecular weight excluding hydrogens is 282 g/mol. The number of halogens is 1. The lowest BCUT2D eigenvalue weighted by atomic mass is 9.95. The third-order valence-corrected chi connectivity index (χ3v) is 3.76. The molecule has 17 heavy (non-hydrogen) atoms. The Morgan fingerprint density at radius 2 is 2.06 bits per heavy atom. The van der Waals surface area contributed by atoms with Crippen LogP contribution in [0.3, 0.4) is 0 Å². The predicted octanol–water partition coefficient (Wildman–Crippen LogP) is 1.98. The van der Waals surface area contributed by atoms with E-state index in [2.05, 4.69) is 21.2 Å². The molecule has 1 aromatic rings. The summed E-state index contributed by atoms with van der Waals surface area (Å²) in [7, 11) is 0. The molecule has 0 aromatic heterocycles. The van der Waals surface area contributed by atoms with Crippen LogP contribution in [0.25, 0.3) is 0 Å². The van der Waals surface area contributed by atoms with Crippen LogP contribution in [-0.2, 0) is 10.2 Å². The van der Waals surface area contributed by atoms with Gasteiger partial charge in [-0.15, -0.1) is 0 Å². The topological polar surface area (TPSA) is 49.3 Å². The summed E-state index contributed by atoms with van der Waals surface area (Å²) in [6, 6.07) is 7.70. The average molecular weight is 298 g/mol. The molecule has 1 atom stereocenters. The molecule has 0 saturated heterocycles. The molecule has 92 valence electrons. The summed E-state index contributed by atoms with van der Waals surface area (Å²) in [6.45, 7) is 1.78. The Bertz CT molecular complexity index is 412. The van der Waals surface area contributed by atoms with Crippen LogP contribution in [0, 0.1) is 0 Å². The quantitative estimate of drug-likeness (QED) is 0.893. The van der Waals surface area contributed by atoms with E-state index in [1.807, 2.05) is 24.3 Å². The van der Waals surface area contributed by atoms with Gasteiger partial charge in [-0.2, -0.15) is 0 Å². The summed E-state index contributed by atoms with van der Waals surface area (Å²) in [5.41, 5.74) is 0.702. The Kier molecular flexibility index (Phi) is 3.54. The van der Waals surface area contributed by atoms with Crippen LogP contribution < -0.4 is 5.32 Å². The highest BCUT2D eigenvalue weighted by molar-refractivity contribution is 9.10. The van der Waals surface area contributed by atoms with Gasteiger partial charge in [0.15, 0.2) is 0 Å². The molecule has 1 aliphatic rings. The first-order valence-corrected chi connectivity index (χ1v) is 6.56. The minimum atomic E-state index is -0.357. The van der Waals surface area contributed by atoms with Gasteiger partial charge in [-0.25, -0.2) is 0 Å². The number of aliphatic hydroxyl groups is 1. The highest BCUT2D eigenvalue weighted by Crippen LogP contribution is 2.48. The standard InChI is InChI=1S/C13H16BrNO2/c1-9(8-16)15-12(17)13(6-7-13)10-2-4-11(14)5-3-10/h2-5,9,16H,6-8H2,1H3,(H,15,17). The molecule has 1 unspecified atom stereocenters. The average Bonchev–Trinajstić information content (AvgIpc) is 3.11. The van der Waals surface area contributed by atoms with Crippen molar-refractivity contribution in [2.75, 3.05) is 6.61 Å². The third kappa shape index (κ3) is 2.53. The zero-order valence-electron chi connectivity index (χ0n) is 9.74. The largest absolute Gasteiger partial charge is 0.394 e. The molecule has 2 rings (SSSR count). The van der Waals surface area contributed by atoms with Gasteiger partial charge in [-0.1, -0.05) is 28.1 Å². The van der Waals surface area contributed by atoms with Crippen LogP contribution >= 0.6 is 15.9 Å². The van der Waals surface area contributed by atoms with Crippen LogP contribution in [-0.4, -0.2) is 23.7 Å². The Hall–Kier alpha value is -0.870. The van der Waals surface area contributed by atoms with E-state index < -0.39 is 0 Å². The van der Waals surface area contributed by atoms with Crippen molar-refractivity contribution in [2.45, 2.75) is 31.2 Å². The molecule has 2 N–H and O–H groups in total. The summed E-state index contributed by atoms with van der Waals surface area (Å²) >= 11 is 3.39. The van der Waals surface area contributed by atoms with E-state index in [0.717, 1.165) is 22.9 Å². The van der Waals surface area contributed by atoms with Gasteiger partial charge in [0.05, 0.1) is 12.0 Å². The normalized spacial score (nSPS) is 18.5. The lowest BCUT2D eigenvalue weighted by Gasteiger charge is -2.18. The lowest BCUT2D eigenvalue weighted by molar-refractivity contribution is -0.124. The molecule has 1 fully saturated rings. The van der Waals surface area contributed by atoms with Crippen LogP contribution in [0.15, 0.2) is 28.7 Å². The summed E-state index contributed by atoms with van der Waals surface area (Å²) < 4.78 is 1.01. The maximum atomic E-state index is 12.1. The molecule has 1 amide bonds. The number of carbonyl (C=O) groups is 1. The van der Waals surface area contributed by atoms with Crippen molar-refractivity contribution in [3.05, 3.63) is 34.3 Å². The van der Waals surface area contributed by atoms with Crippen molar-refractivity contribution in [1.82, 2.24) is 5.32 Å². The first-order valence-electron chi connectivity index (χ1n) is 5.76. The van der Waals surface area contributed by atoms with Gasteiger partial charge in [0.2, 0.25) is 5.91 Å². The monoisotopic (exact) mass is 297 g/mol. The molecule has 0 heterocycles. The first-order chi connectivity index (χ1) is 8.08. The number of rotatable bonds is 4. The van der Waals surface area contributed by atoms with Crippen LogP contribution in [0.2, 0.25) is 0 Å². The second-order valence-electron chi connectivity index (χ2n) is 4.65. The van der Waals surface area contributed by atoms with Gasteiger partial charge in [0, 0.05) is 10.5 Å². The fourth-order valence-electron chi connectivity index (χ4n) is 1.95. The maximum Gasteiger partial charge on any atom is 0.230 e. The molecule has 0 radical (unpaired) electrons. The van der Waals surface area contributed by atoms with Gasteiger partial charge >= 0.3 is 0 Å². The van der Waals surface area contributed by atoms with Crippen molar-refractivity contribution < 1.29 is 9.90 Å². The summed E-state index contributed by atoms with van der Waals surface area (Å²) in [4.78, 5) is 12.1. The molecule has 4 heteroatoms. The smallest absolute Gasteiger partial charge is 0.230 e. The van der Waals surface area contributed by atoms with E-state index in [1.54, 1.807) is 6.92 Å². The second kappa shape index (κ2) is 4.78. The minimum absolute atomic E-state index is 0.0256. The lowest BCUT2D eigenvalue weighted by Crippen LogP contribution is -2.41. The Morgan fingerprint density at radius 3 is 2.53 bits per heavy atom. The molecule has 1 saturated carbocycles. The molecule has 0 aliphatic heterocycles. The zero-order valence-corrected chi connectivity index (χ0v) is 11.3. The van der Waals surface area contributed by atoms with Crippen molar-refractivity contribution >= 4 is 21.8 Å². The maximum absolute atomic E-state index is 12.1. The fraction of sp³-hybridized carbons (Fsp3) is 0.462. The van der Waals surface area contributed by atoms with E-state index in [-0.39, 0.29) is 24.0 Å². The number of aliphatic hydroxyl groups excluding tert-OH is 1. The van der Waals surface area contributed by atoms with Gasteiger partial charge in [0.1, 0.15) is 0 Å². The molecular formula is C13H16BrNO2. The fourth-order valence-corrected chi connectivity index (χ4v) is 2.21. The molecule has 1 aromatic carbocycles. The Labute approximate surface area is 109 Å². The highest BCUT2D eigenvalue weighted by Gasteiger charge is 2.51. The van der Waals surface area contributed by atoms with E-state index in [9.17, 15) is 4.79 Å². The van der Waals surface area contributed by atoms with Crippen LogP contribution in [0.5, 0.6) is 0 Å². The first kappa shape index (κ1) is 12.6. The van der Waals surface area contributed by atoms with Crippen LogP contribution in [0.4, 0.5) is 0 Å². The summed E-state index contributed by atoms with van der Waals surface area (Å²) in [5.74, 6) is 0.0290. The van der Waals surface area contributed by atoms with E-state index in [4.69, 9.17) is 5.11 Å². The Morgan fingerprint density at radius 1 is 1.47 bits per heavy atom. The van der Waals surface area contributed by atoms with Crippen molar-refractivity contribution in [1.29, 1.82) is 0 Å². The van der Waals surface area contributed by atoms with Gasteiger partial charge < -0.3 is 10.4 Å². The number of hydrogen-bond donors (Lipinski definition) is 2. The second-order valence-corrected chi connectivity index (χ2v) is 5.56. The summed E-state index contributed by atoms with van der Waals surface area (Å²) in [6.07, 6.45) is 1.78. The summed E-state index contributed by atoms with van der Waals surface area (Å²) in [5, 5.41) is 11.8. The van der Waals surface area contributed by atoms with Crippen molar-refractivity contribution in [2.24, 2.45) is 0 Å². The van der Waals surface area contributed by atoms with Crippen molar-refractivity contribution in [3.8, 4) is 0 Å². The van der Waals surface area contributed by atoms with E-state index in [0.29, 0.717) is 0 Å². The van der Waals surface area contributed by atoms with Gasteiger partial charge in [-0.05, 0) is 37.5 Å². The molecule has 3 nitrogen and oxygen atoms in total. The zero-order chi connectivity index (χ0) is 12.5. The van der Waals surface area contributed by atoms with Gasteiger partial charge in [0.25, 0.3) is 0 Å². The highest BCUT2D eigenvalue weighted by atomic mass is 79.9. The SMILES string of the molecule is CC(CO)NC(=O)C1(c2ccc(Br)cc2)CC1. The Balaban J connectivity index is 2.14. The number of carbonyl (C=O) groups excluding carboxylic acids is 1. The van der Waals surface area contributed by atoms with E-state index >= 15 is 0 Å². The van der Waals surface area contributed by atoms with Gasteiger partial charge in [-0.3, -0.25) is 4.79 Å². The number of benzene rings is 1. The molecule has 0 spiro atoms. The third-order valence-electron chi connectivity index (χ3n) is 3.23.